The predicted molar refractivity (Wildman–Crippen MR) is 232 cm³/mol. The van der Waals surface area contributed by atoms with Crippen molar-refractivity contribution in [1.82, 2.24) is 15.1 Å². The third-order valence-electron chi connectivity index (χ3n) is 12.8. The Bertz CT molecular complexity index is 2340. The third kappa shape index (κ3) is 8.86. The molecule has 2 aromatic rings. The van der Waals surface area contributed by atoms with Crippen LogP contribution in [0.5, 0.6) is 11.5 Å². The average molecular weight is 884 g/mol. The fourth-order valence-corrected chi connectivity index (χ4v) is 8.87. The van der Waals surface area contributed by atoms with Crippen LogP contribution in [0.2, 0.25) is 0 Å². The van der Waals surface area contributed by atoms with E-state index in [-0.39, 0.29) is 60.2 Å². The van der Waals surface area contributed by atoms with Gasteiger partial charge in [0.2, 0.25) is 11.6 Å². The summed E-state index contributed by atoms with van der Waals surface area (Å²) in [6.45, 7) is 12.7. The van der Waals surface area contributed by atoms with Crippen molar-refractivity contribution in [3.05, 3.63) is 106 Å². The summed E-state index contributed by atoms with van der Waals surface area (Å²) in [5.74, 6) is -9.74. The molecule has 0 radical (unpaired) electrons. The quantitative estimate of drug-likeness (QED) is 0.313. The Morgan fingerprint density at radius 2 is 1.52 bits per heavy atom. The number of methoxy groups -OCH3 is 1. The molecule has 0 saturated carbocycles. The number of carbonyl (C=O) groups excluding carboxylic acids is 6. The van der Waals surface area contributed by atoms with Gasteiger partial charge in [-0.05, 0) is 32.1 Å². The molecule has 0 aromatic heterocycles. The molecule has 4 N–H and O–H groups in total. The van der Waals surface area contributed by atoms with Crippen LogP contribution in [0, 0.1) is 30.6 Å². The molecule has 2 amide bonds. The molecule has 1 aliphatic carbocycles. The highest BCUT2D eigenvalue weighted by Crippen LogP contribution is 2.49. The Labute approximate surface area is 372 Å². The van der Waals surface area contributed by atoms with Crippen LogP contribution in [0.3, 0.4) is 0 Å². The van der Waals surface area contributed by atoms with E-state index in [4.69, 9.17) is 18.9 Å². The Balaban J connectivity index is 1.46. The number of phenols is 1. The normalized spacial score (nSPS) is 31.1. The summed E-state index contributed by atoms with van der Waals surface area (Å²) in [7, 11) is 1.42. The second-order valence-electron chi connectivity index (χ2n) is 17.2. The number of hydrogen-bond donors (Lipinski definition) is 4. The van der Waals surface area contributed by atoms with E-state index in [2.05, 4.69) is 5.32 Å². The first-order valence-electron chi connectivity index (χ1n) is 21.4. The van der Waals surface area contributed by atoms with Gasteiger partial charge in [0.1, 0.15) is 29.0 Å². The van der Waals surface area contributed by atoms with Crippen molar-refractivity contribution in [3.63, 3.8) is 0 Å². The van der Waals surface area contributed by atoms with Crippen LogP contribution in [0.1, 0.15) is 95.5 Å². The zero-order valence-corrected chi connectivity index (χ0v) is 37.5. The number of nitrogens with one attached hydrogen (secondary N) is 1. The number of carbonyl (C=O) groups is 6. The largest absolute Gasteiger partial charge is 0.507 e. The van der Waals surface area contributed by atoms with Gasteiger partial charge in [0, 0.05) is 87.5 Å². The van der Waals surface area contributed by atoms with E-state index >= 15 is 4.79 Å². The van der Waals surface area contributed by atoms with E-state index < -0.39 is 106 Å². The number of aliphatic hydroxyl groups is 2. The van der Waals surface area contributed by atoms with E-state index in [1.807, 2.05) is 0 Å². The molecule has 9 atom stereocenters. The second kappa shape index (κ2) is 18.9. The van der Waals surface area contributed by atoms with Crippen LogP contribution in [-0.2, 0) is 23.8 Å². The molecule has 9 unspecified atom stereocenters. The Kier molecular flexibility index (Phi) is 14.0. The van der Waals surface area contributed by atoms with Crippen molar-refractivity contribution in [1.29, 1.82) is 0 Å². The molecule has 7 rings (SSSR count). The van der Waals surface area contributed by atoms with Crippen molar-refractivity contribution < 1.29 is 63.0 Å². The summed E-state index contributed by atoms with van der Waals surface area (Å²) in [5.41, 5.74) is -1.32. The maximum atomic E-state index is 15.0. The average Bonchev–Trinajstić information content (AvgIpc) is 3.54. The molecule has 4 heterocycles. The number of ketones is 3. The van der Waals surface area contributed by atoms with Crippen LogP contribution >= 0.6 is 0 Å². The van der Waals surface area contributed by atoms with Gasteiger partial charge in [0.05, 0.1) is 41.3 Å². The minimum Gasteiger partial charge on any atom is -0.507 e. The highest BCUT2D eigenvalue weighted by atomic mass is 16.7. The van der Waals surface area contributed by atoms with Crippen molar-refractivity contribution in [3.8, 4) is 11.5 Å². The summed E-state index contributed by atoms with van der Waals surface area (Å²) in [6, 6.07) is 8.69. The van der Waals surface area contributed by atoms with E-state index in [1.54, 1.807) is 80.0 Å². The summed E-state index contributed by atoms with van der Waals surface area (Å²) >= 11 is 0. The summed E-state index contributed by atoms with van der Waals surface area (Å²) in [4.78, 5) is 87.2. The van der Waals surface area contributed by atoms with Gasteiger partial charge in [-0.1, -0.05) is 64.1 Å². The van der Waals surface area contributed by atoms with Gasteiger partial charge < -0.3 is 49.4 Å². The van der Waals surface area contributed by atoms with E-state index in [1.165, 1.54) is 53.2 Å². The predicted octanol–water partition coefficient (Wildman–Crippen LogP) is 4.42. The monoisotopic (exact) mass is 883 g/mol. The smallest absolute Gasteiger partial charge is 0.312 e. The standard InChI is InChI=1S/C48H57N3O13/c1-24-14-13-15-25(2)46(59)49-36-37(50-19-21-51(22-20-50)47(60)31-16-11-10-12-17-31)42(57)33-34(41(36)56)40(55)29(6)44-35(33)45(58)48(8,64-44)62-23-18-32(61-9)26(3)43(63-30(7)52)28(5)39(54)27(4)38(24)53/h10-18,23-24,26-28,32,38-39,43,53-55H,19-22H2,1-9H3,(H,49,59)/b14-13+,23-18+,25-15-. The van der Waals surface area contributed by atoms with Crippen LogP contribution in [0.4, 0.5) is 0 Å². The van der Waals surface area contributed by atoms with Crippen molar-refractivity contribution >= 4 is 35.1 Å². The summed E-state index contributed by atoms with van der Waals surface area (Å²) < 4.78 is 23.6. The van der Waals surface area contributed by atoms with Gasteiger partial charge in [0.15, 0.2) is 0 Å². The van der Waals surface area contributed by atoms with Gasteiger partial charge in [-0.2, -0.15) is 0 Å². The lowest BCUT2D eigenvalue weighted by Gasteiger charge is -2.39. The number of fused-ring (bicyclic) bond motifs is 14. The van der Waals surface area contributed by atoms with Crippen LogP contribution < -0.4 is 10.1 Å². The fourth-order valence-electron chi connectivity index (χ4n) is 8.87. The minimum atomic E-state index is -2.12. The maximum Gasteiger partial charge on any atom is 0.312 e. The molecule has 16 heteroatoms. The van der Waals surface area contributed by atoms with Crippen LogP contribution in [0.25, 0.3) is 0 Å². The molecule has 1 saturated heterocycles. The van der Waals surface area contributed by atoms with Gasteiger partial charge in [-0.25, -0.2) is 0 Å². The fraction of sp³-hybridized carbons (Fsp3) is 0.458. The highest BCUT2D eigenvalue weighted by Gasteiger charge is 2.53. The summed E-state index contributed by atoms with van der Waals surface area (Å²) in [6.07, 6.45) is 3.28. The molecule has 342 valence electrons. The first-order chi connectivity index (χ1) is 30.2. The number of nitrogens with zero attached hydrogens (tertiary/aromatic N) is 2. The SMILES string of the molecule is COC1/C=C/OC2(C)Oc3c(C)c(O)c4c(c3C2=O)C(=O)C(N2CCN(C(=O)c3ccccc3)CC2)=C(NC(=O)/C(C)=C\C=C\C(C)C(O)C(C)C(O)C(C)C(OC(C)=O)C1C)C4=O. The van der Waals surface area contributed by atoms with E-state index in [0.717, 1.165) is 0 Å². The van der Waals surface area contributed by atoms with Gasteiger partial charge >= 0.3 is 11.8 Å². The van der Waals surface area contributed by atoms with Gasteiger partial charge in [-0.15, -0.1) is 0 Å². The number of amides is 2. The lowest BCUT2D eigenvalue weighted by molar-refractivity contribution is -0.160. The van der Waals surface area contributed by atoms with Crippen LogP contribution in [-0.4, -0.2) is 124 Å². The molecule has 5 aliphatic rings. The number of benzene rings is 2. The van der Waals surface area contributed by atoms with E-state index in [9.17, 15) is 39.3 Å². The minimum absolute atomic E-state index is 0.0286. The maximum absolute atomic E-state index is 15.0. The van der Waals surface area contributed by atoms with Crippen molar-refractivity contribution in [2.24, 2.45) is 23.7 Å². The number of ether oxygens (including phenoxy) is 4. The number of aliphatic hydroxyl groups excluding tert-OH is 2. The number of allylic oxidation sites excluding steroid dienone is 4. The second-order valence-corrected chi connectivity index (χ2v) is 17.2. The molecule has 16 nitrogen and oxygen atoms in total. The molecule has 4 aliphatic heterocycles. The molecule has 2 aromatic carbocycles. The first kappa shape index (κ1) is 47.4. The first-order valence-corrected chi connectivity index (χ1v) is 21.4. The molecular weight excluding hydrogens is 827 g/mol. The summed E-state index contributed by atoms with van der Waals surface area (Å²) in [5, 5.41) is 37.2. The molecule has 5 bridgehead atoms. The zero-order chi connectivity index (χ0) is 46.9. The number of esters is 1. The number of piperazine rings is 1. The van der Waals surface area contributed by atoms with Gasteiger partial charge in [-0.3, -0.25) is 28.8 Å². The zero-order valence-electron chi connectivity index (χ0n) is 37.5. The Morgan fingerprint density at radius 3 is 2.14 bits per heavy atom. The number of Topliss-reactive ketones (excluding diaryl/α,β-unsaturated/α-hetero) is 3. The highest BCUT2D eigenvalue weighted by molar-refractivity contribution is 6.32. The molecule has 0 spiro atoms. The van der Waals surface area contributed by atoms with Crippen molar-refractivity contribution in [2.45, 2.75) is 85.6 Å². The topological polar surface area (TPSA) is 219 Å². The number of rotatable bonds is 4. The van der Waals surface area contributed by atoms with Crippen LogP contribution in [0.15, 0.2) is 77.9 Å². The lowest BCUT2D eigenvalue weighted by Crippen LogP contribution is -2.51. The number of phenolic OH excluding ortho intramolecular Hbond substituents is 1. The molecular formula is C48H57N3O13. The number of hydrogen-bond acceptors (Lipinski definition) is 14. The van der Waals surface area contributed by atoms with E-state index in [0.29, 0.717) is 5.56 Å². The van der Waals surface area contributed by atoms with Gasteiger partial charge in [0.25, 0.3) is 17.6 Å². The number of aromatic hydroxyl groups is 1. The third-order valence-corrected chi connectivity index (χ3v) is 12.8. The molecule has 64 heavy (non-hydrogen) atoms. The lowest BCUT2D eigenvalue weighted by atomic mass is 9.78. The van der Waals surface area contributed by atoms with Crippen molar-refractivity contribution in [2.75, 3.05) is 33.3 Å². The Hall–Kier alpha value is -6.10. The molecule has 1 fully saturated rings. The Morgan fingerprint density at radius 1 is 0.859 bits per heavy atom.